The summed E-state index contributed by atoms with van der Waals surface area (Å²) in [6.07, 6.45) is 5.05. The van der Waals surface area contributed by atoms with E-state index >= 15 is 0 Å². The normalized spacial score (nSPS) is 22.0. The van der Waals surface area contributed by atoms with Gasteiger partial charge < -0.3 is 20.3 Å². The summed E-state index contributed by atoms with van der Waals surface area (Å²) in [5.41, 5.74) is 1.01. The fourth-order valence-electron chi connectivity index (χ4n) is 4.96. The molecule has 7 nitrogen and oxygen atoms in total. The fourth-order valence-corrected chi connectivity index (χ4v) is 5.26. The van der Waals surface area contributed by atoms with Crippen LogP contribution in [-0.4, -0.2) is 54.9 Å². The van der Waals surface area contributed by atoms with Crippen molar-refractivity contribution in [2.45, 2.75) is 50.6 Å². The van der Waals surface area contributed by atoms with E-state index in [-0.39, 0.29) is 35.7 Å². The molecule has 2 aromatic rings. The molecule has 2 aromatic carbocycles. The molecule has 3 amide bonds. The highest BCUT2D eigenvalue weighted by molar-refractivity contribution is 6.42. The van der Waals surface area contributed by atoms with E-state index in [0.29, 0.717) is 46.4 Å². The number of hydrogen-bond donors (Lipinski definition) is 2. The van der Waals surface area contributed by atoms with E-state index in [1.54, 1.807) is 54.5 Å². The average Bonchev–Trinajstić information content (AvgIpc) is 2.91. The van der Waals surface area contributed by atoms with E-state index in [0.717, 1.165) is 32.1 Å². The van der Waals surface area contributed by atoms with Crippen LogP contribution in [0.15, 0.2) is 42.5 Å². The van der Waals surface area contributed by atoms with Crippen LogP contribution >= 0.6 is 23.2 Å². The first-order valence-electron chi connectivity index (χ1n) is 12.4. The van der Waals surface area contributed by atoms with Crippen LogP contribution in [0.3, 0.4) is 0 Å². The van der Waals surface area contributed by atoms with Crippen molar-refractivity contribution in [2.24, 2.45) is 5.92 Å². The summed E-state index contributed by atoms with van der Waals surface area (Å²) >= 11 is 12.1. The van der Waals surface area contributed by atoms with Gasteiger partial charge in [-0.15, -0.1) is 0 Å². The molecule has 3 atom stereocenters. The molecule has 1 heterocycles. The van der Waals surface area contributed by atoms with Crippen molar-refractivity contribution in [1.29, 1.82) is 0 Å². The quantitative estimate of drug-likeness (QED) is 0.564. The molecule has 9 heteroatoms. The molecule has 2 aliphatic rings. The van der Waals surface area contributed by atoms with Crippen LogP contribution in [0, 0.1) is 5.92 Å². The molecule has 0 bridgehead atoms. The number of rotatable bonds is 6. The van der Waals surface area contributed by atoms with Crippen molar-refractivity contribution in [3.05, 3.63) is 63.6 Å². The fraction of sp³-hybridized carbons (Fsp3) is 0.444. The van der Waals surface area contributed by atoms with Gasteiger partial charge in [0.2, 0.25) is 5.91 Å². The second-order valence-electron chi connectivity index (χ2n) is 9.43. The van der Waals surface area contributed by atoms with E-state index < -0.39 is 0 Å². The maximum absolute atomic E-state index is 13.2. The number of carbonyl (C=O) groups excluding carboxylic acids is 3. The molecule has 1 aliphatic carbocycles. The van der Waals surface area contributed by atoms with Crippen LogP contribution in [-0.2, 0) is 4.79 Å². The lowest BCUT2D eigenvalue weighted by Gasteiger charge is -2.36. The largest absolute Gasteiger partial charge is 0.497 e. The molecule has 2 fully saturated rings. The number of nitrogens with one attached hydrogen (secondary N) is 2. The van der Waals surface area contributed by atoms with E-state index in [9.17, 15) is 14.4 Å². The van der Waals surface area contributed by atoms with Crippen LogP contribution in [0.4, 0.5) is 0 Å². The molecule has 0 radical (unpaired) electrons. The summed E-state index contributed by atoms with van der Waals surface area (Å²) in [4.78, 5) is 40.8. The number of piperidine rings is 1. The maximum atomic E-state index is 13.2. The van der Waals surface area contributed by atoms with Gasteiger partial charge in [0, 0.05) is 36.3 Å². The van der Waals surface area contributed by atoms with Crippen LogP contribution < -0.4 is 15.4 Å². The number of hydrogen-bond acceptors (Lipinski definition) is 4. The van der Waals surface area contributed by atoms with Crippen molar-refractivity contribution in [2.75, 3.05) is 20.2 Å². The predicted molar refractivity (Wildman–Crippen MR) is 140 cm³/mol. The van der Waals surface area contributed by atoms with Gasteiger partial charge in [-0.25, -0.2) is 0 Å². The van der Waals surface area contributed by atoms with Gasteiger partial charge >= 0.3 is 0 Å². The number of amides is 3. The molecule has 0 aromatic heterocycles. The molecular formula is C27H31Cl2N3O4. The third kappa shape index (κ3) is 6.31. The summed E-state index contributed by atoms with van der Waals surface area (Å²) in [6.45, 7) is 0.938. The maximum Gasteiger partial charge on any atom is 0.253 e. The number of nitrogens with zero attached hydrogens (tertiary/aromatic N) is 1. The third-order valence-electron chi connectivity index (χ3n) is 7.01. The number of carbonyl (C=O) groups is 3. The van der Waals surface area contributed by atoms with Crippen LogP contribution in [0.5, 0.6) is 5.75 Å². The third-order valence-corrected chi connectivity index (χ3v) is 7.75. The number of methoxy groups -OCH3 is 1. The standard InChI is InChI=1S/C27H31Cl2N3O4/c1-36-20-11-8-17(9-12-20)25(33)30-23-6-2-3-7-24(23)31-26(34)19-5-4-14-32(16-19)27(35)18-10-13-21(28)22(29)15-18/h8-13,15,19,23-24H,2-7,14,16H2,1H3,(H,30,33)(H,31,34)/t19-,23+,24+/m0/s1. The van der Waals surface area contributed by atoms with Gasteiger partial charge in [0.05, 0.1) is 23.1 Å². The molecule has 1 saturated carbocycles. The molecule has 1 aliphatic heterocycles. The molecule has 4 rings (SSSR count). The number of ether oxygens (including phenoxy) is 1. The minimum Gasteiger partial charge on any atom is -0.497 e. The first-order valence-corrected chi connectivity index (χ1v) is 13.1. The molecule has 0 spiro atoms. The Labute approximate surface area is 221 Å². The summed E-state index contributed by atoms with van der Waals surface area (Å²) in [5, 5.41) is 7.01. The second kappa shape index (κ2) is 12.0. The Morgan fingerprint density at radius 3 is 2.19 bits per heavy atom. The first-order chi connectivity index (χ1) is 17.4. The minimum absolute atomic E-state index is 0.0720. The summed E-state index contributed by atoms with van der Waals surface area (Å²) in [5.74, 6) is -0.00988. The topological polar surface area (TPSA) is 87.7 Å². The first kappa shape index (κ1) is 26.3. The minimum atomic E-state index is -0.301. The second-order valence-corrected chi connectivity index (χ2v) is 10.2. The van der Waals surface area contributed by atoms with Crippen molar-refractivity contribution in [3.63, 3.8) is 0 Å². The van der Waals surface area contributed by atoms with Crippen LogP contribution in [0.2, 0.25) is 10.0 Å². The van der Waals surface area contributed by atoms with E-state index in [1.165, 1.54) is 0 Å². The Morgan fingerprint density at radius 1 is 0.861 bits per heavy atom. The zero-order valence-corrected chi connectivity index (χ0v) is 21.8. The zero-order valence-electron chi connectivity index (χ0n) is 20.3. The SMILES string of the molecule is COc1ccc(C(=O)N[C@@H]2CCCC[C@H]2NC(=O)[C@H]2CCCN(C(=O)c3ccc(Cl)c(Cl)c3)C2)cc1. The summed E-state index contributed by atoms with van der Waals surface area (Å²) in [6, 6.07) is 11.5. The van der Waals surface area contributed by atoms with Gasteiger partial charge in [0.1, 0.15) is 5.75 Å². The highest BCUT2D eigenvalue weighted by Crippen LogP contribution is 2.26. The predicted octanol–water partition coefficient (Wildman–Crippen LogP) is 4.71. The summed E-state index contributed by atoms with van der Waals surface area (Å²) < 4.78 is 5.16. The lowest BCUT2D eigenvalue weighted by Crippen LogP contribution is -2.55. The van der Waals surface area contributed by atoms with Crippen molar-refractivity contribution < 1.29 is 19.1 Å². The lowest BCUT2D eigenvalue weighted by molar-refractivity contribution is -0.127. The highest BCUT2D eigenvalue weighted by Gasteiger charge is 2.33. The van der Waals surface area contributed by atoms with Gasteiger partial charge in [-0.05, 0) is 68.1 Å². The van der Waals surface area contributed by atoms with Gasteiger partial charge in [-0.2, -0.15) is 0 Å². The van der Waals surface area contributed by atoms with Crippen molar-refractivity contribution in [1.82, 2.24) is 15.5 Å². The van der Waals surface area contributed by atoms with E-state index in [4.69, 9.17) is 27.9 Å². The van der Waals surface area contributed by atoms with Crippen LogP contribution in [0.1, 0.15) is 59.2 Å². The number of likely N-dealkylation sites (tertiary alicyclic amines) is 1. The highest BCUT2D eigenvalue weighted by atomic mass is 35.5. The Morgan fingerprint density at radius 2 is 1.53 bits per heavy atom. The Balaban J connectivity index is 1.36. The monoisotopic (exact) mass is 531 g/mol. The van der Waals surface area contributed by atoms with Gasteiger partial charge in [0.25, 0.3) is 11.8 Å². The molecular weight excluding hydrogens is 501 g/mol. The van der Waals surface area contributed by atoms with Gasteiger partial charge in [0.15, 0.2) is 0 Å². The van der Waals surface area contributed by atoms with Crippen molar-refractivity contribution in [3.8, 4) is 5.75 Å². The smallest absolute Gasteiger partial charge is 0.253 e. The Hall–Kier alpha value is -2.77. The van der Waals surface area contributed by atoms with Gasteiger partial charge in [-0.1, -0.05) is 36.0 Å². The molecule has 192 valence electrons. The van der Waals surface area contributed by atoms with Crippen molar-refractivity contribution >= 4 is 40.9 Å². The lowest BCUT2D eigenvalue weighted by atomic mass is 9.88. The van der Waals surface area contributed by atoms with E-state index in [2.05, 4.69) is 10.6 Å². The molecule has 0 unspecified atom stereocenters. The number of benzene rings is 2. The van der Waals surface area contributed by atoms with E-state index in [1.807, 2.05) is 0 Å². The average molecular weight is 532 g/mol. The zero-order chi connectivity index (χ0) is 25.7. The molecule has 2 N–H and O–H groups in total. The number of halogens is 2. The molecule has 1 saturated heterocycles. The van der Waals surface area contributed by atoms with Crippen LogP contribution in [0.25, 0.3) is 0 Å². The molecule has 36 heavy (non-hydrogen) atoms. The Bertz CT molecular complexity index is 1110. The Kier molecular flexibility index (Phi) is 8.75. The van der Waals surface area contributed by atoms with Gasteiger partial charge in [-0.3, -0.25) is 14.4 Å². The summed E-state index contributed by atoms with van der Waals surface area (Å²) in [7, 11) is 1.58.